The second-order valence-electron chi connectivity index (χ2n) is 6.26. The normalized spacial score (nSPS) is 15.6. The Hall–Kier alpha value is -2.11. The largest absolute Gasteiger partial charge is 0.343 e. The number of pyridine rings is 1. The number of benzene rings is 2. The van der Waals surface area contributed by atoms with Crippen LogP contribution in [0.2, 0.25) is 5.02 Å². The molecule has 2 heterocycles. The maximum Gasteiger partial charge on any atom is 0.261 e. The van der Waals surface area contributed by atoms with E-state index in [0.29, 0.717) is 16.1 Å². The molecule has 0 aliphatic carbocycles. The molecule has 0 saturated carbocycles. The molecular weight excluding hydrogens is 404 g/mol. The van der Waals surface area contributed by atoms with Gasteiger partial charge >= 0.3 is 0 Å². The van der Waals surface area contributed by atoms with Crippen molar-refractivity contribution in [3.05, 3.63) is 73.4 Å². The van der Waals surface area contributed by atoms with Crippen molar-refractivity contribution in [1.82, 2.24) is 4.57 Å². The summed E-state index contributed by atoms with van der Waals surface area (Å²) in [4.78, 5) is 25.6. The van der Waals surface area contributed by atoms with Crippen LogP contribution in [-0.2, 0) is 6.42 Å². The first-order valence-corrected chi connectivity index (χ1v) is 9.05. The summed E-state index contributed by atoms with van der Waals surface area (Å²) in [5, 5.41) is 3.84. The molecule has 0 spiro atoms. The molecule has 1 atom stereocenters. The second kappa shape index (κ2) is 6.00. The lowest BCUT2D eigenvalue weighted by atomic mass is 10.1. The van der Waals surface area contributed by atoms with Crippen LogP contribution in [-0.4, -0.2) is 10.5 Å². The molecule has 1 amide bonds. The summed E-state index contributed by atoms with van der Waals surface area (Å²) in [5.41, 5.74) is 2.46. The van der Waals surface area contributed by atoms with Gasteiger partial charge in [-0.15, -0.1) is 0 Å². The minimum Gasteiger partial charge on any atom is -0.343 e. The van der Waals surface area contributed by atoms with Gasteiger partial charge in [0.1, 0.15) is 5.56 Å². The van der Waals surface area contributed by atoms with Crippen LogP contribution in [0.5, 0.6) is 0 Å². The van der Waals surface area contributed by atoms with Crippen molar-refractivity contribution in [2.75, 3.05) is 5.32 Å². The molecule has 0 radical (unpaired) electrons. The molecule has 6 heteroatoms. The number of carbonyl (C=O) groups excluding carboxylic acids is 1. The van der Waals surface area contributed by atoms with Gasteiger partial charge in [-0.1, -0.05) is 33.6 Å². The van der Waals surface area contributed by atoms with E-state index in [0.717, 1.165) is 22.0 Å². The van der Waals surface area contributed by atoms with Crippen LogP contribution in [0, 0.1) is 0 Å². The highest BCUT2D eigenvalue weighted by atomic mass is 79.9. The van der Waals surface area contributed by atoms with Gasteiger partial charge in [0.2, 0.25) is 5.43 Å². The van der Waals surface area contributed by atoms with Crippen molar-refractivity contribution < 1.29 is 4.79 Å². The SMILES string of the molecule is C[C@H]1Cc2cc(Br)cc3c(=O)c(C(=O)Nc4cccc(Cl)c4)cn1c23. The predicted molar refractivity (Wildman–Crippen MR) is 104 cm³/mol. The lowest BCUT2D eigenvalue weighted by molar-refractivity contribution is 0.102. The number of anilines is 1. The summed E-state index contributed by atoms with van der Waals surface area (Å²) in [7, 11) is 0. The first-order chi connectivity index (χ1) is 11.9. The third-order valence-electron chi connectivity index (χ3n) is 4.49. The summed E-state index contributed by atoms with van der Waals surface area (Å²) in [6.07, 6.45) is 2.51. The number of nitrogens with one attached hydrogen (secondary N) is 1. The van der Waals surface area contributed by atoms with E-state index >= 15 is 0 Å². The Morgan fingerprint density at radius 2 is 2.12 bits per heavy atom. The molecule has 4 rings (SSSR count). The van der Waals surface area contributed by atoms with Crippen molar-refractivity contribution in [2.24, 2.45) is 0 Å². The van der Waals surface area contributed by atoms with E-state index in [2.05, 4.69) is 28.2 Å². The van der Waals surface area contributed by atoms with E-state index in [9.17, 15) is 9.59 Å². The number of hydrogen-bond donors (Lipinski definition) is 1. The first kappa shape index (κ1) is 16.4. The molecule has 0 unspecified atom stereocenters. The van der Waals surface area contributed by atoms with Crippen LogP contribution in [0.3, 0.4) is 0 Å². The fourth-order valence-corrected chi connectivity index (χ4v) is 4.08. The average molecular weight is 418 g/mol. The smallest absolute Gasteiger partial charge is 0.261 e. The molecule has 0 saturated heterocycles. The maximum absolute atomic E-state index is 12.9. The molecule has 2 aromatic carbocycles. The summed E-state index contributed by atoms with van der Waals surface area (Å²) >= 11 is 9.41. The number of aromatic nitrogens is 1. The van der Waals surface area contributed by atoms with Gasteiger partial charge in [-0.25, -0.2) is 0 Å². The van der Waals surface area contributed by atoms with Crippen molar-refractivity contribution in [2.45, 2.75) is 19.4 Å². The highest BCUT2D eigenvalue weighted by molar-refractivity contribution is 9.10. The minimum atomic E-state index is -0.432. The fraction of sp³-hybridized carbons (Fsp3) is 0.158. The van der Waals surface area contributed by atoms with Crippen molar-refractivity contribution in [3.63, 3.8) is 0 Å². The van der Waals surface area contributed by atoms with Crippen molar-refractivity contribution in [1.29, 1.82) is 0 Å². The third-order valence-corrected chi connectivity index (χ3v) is 5.18. The van der Waals surface area contributed by atoms with E-state index < -0.39 is 5.91 Å². The van der Waals surface area contributed by atoms with E-state index in [4.69, 9.17) is 11.6 Å². The van der Waals surface area contributed by atoms with Crippen molar-refractivity contribution >= 4 is 50.0 Å². The first-order valence-electron chi connectivity index (χ1n) is 7.88. The van der Waals surface area contributed by atoms with Crippen LogP contribution in [0.15, 0.2) is 51.9 Å². The second-order valence-corrected chi connectivity index (χ2v) is 7.61. The van der Waals surface area contributed by atoms with Gasteiger partial charge in [-0.05, 0) is 49.2 Å². The molecule has 1 aliphatic rings. The number of halogens is 2. The van der Waals surface area contributed by atoms with Crippen LogP contribution in [0.1, 0.15) is 28.9 Å². The highest BCUT2D eigenvalue weighted by Crippen LogP contribution is 2.33. The van der Waals surface area contributed by atoms with Crippen molar-refractivity contribution in [3.8, 4) is 0 Å². The topological polar surface area (TPSA) is 51.1 Å². The maximum atomic E-state index is 12.9. The molecule has 25 heavy (non-hydrogen) atoms. The Labute approximate surface area is 157 Å². The van der Waals surface area contributed by atoms with Gasteiger partial charge < -0.3 is 9.88 Å². The number of carbonyl (C=O) groups is 1. The molecule has 0 bridgehead atoms. The van der Waals surface area contributed by atoms with E-state index in [1.807, 2.05) is 10.6 Å². The number of rotatable bonds is 2. The summed E-state index contributed by atoms with van der Waals surface area (Å²) in [6.45, 7) is 2.08. The zero-order valence-electron chi connectivity index (χ0n) is 13.3. The molecule has 4 nitrogen and oxygen atoms in total. The summed E-state index contributed by atoms with van der Waals surface area (Å²) in [5.74, 6) is -0.432. The molecule has 1 aliphatic heterocycles. The van der Waals surface area contributed by atoms with E-state index in [1.165, 1.54) is 0 Å². The number of nitrogens with zero attached hydrogens (tertiary/aromatic N) is 1. The Kier molecular flexibility index (Phi) is 3.93. The van der Waals surface area contributed by atoms with Gasteiger partial charge in [0.25, 0.3) is 5.91 Å². The van der Waals surface area contributed by atoms with Gasteiger partial charge in [-0.3, -0.25) is 9.59 Å². The minimum absolute atomic E-state index is 0.130. The molecule has 126 valence electrons. The molecule has 1 N–H and O–H groups in total. The molecule has 1 aromatic heterocycles. The zero-order chi connectivity index (χ0) is 17.7. The fourth-order valence-electron chi connectivity index (χ4n) is 3.39. The average Bonchev–Trinajstić information content (AvgIpc) is 2.86. The quantitative estimate of drug-likeness (QED) is 0.652. The third kappa shape index (κ3) is 2.77. The highest BCUT2D eigenvalue weighted by Gasteiger charge is 2.25. The van der Waals surface area contributed by atoms with Crippen LogP contribution >= 0.6 is 27.5 Å². The van der Waals surface area contributed by atoms with Gasteiger partial charge in [0.15, 0.2) is 0 Å². The van der Waals surface area contributed by atoms with Gasteiger partial charge in [0.05, 0.1) is 5.52 Å². The standard InChI is InChI=1S/C19H14BrClN2O2/c1-10-5-11-6-12(20)7-15-17(11)23(10)9-16(18(15)24)19(25)22-14-4-2-3-13(21)8-14/h2-4,6-10H,5H2,1H3,(H,22,25)/t10-/m0/s1. The Morgan fingerprint density at radius 3 is 2.88 bits per heavy atom. The molecular formula is C19H14BrClN2O2. The van der Waals surface area contributed by atoms with E-state index in [1.54, 1.807) is 36.5 Å². The monoisotopic (exact) mass is 416 g/mol. The number of amides is 1. The predicted octanol–water partition coefficient (Wildman–Crippen LogP) is 4.79. The van der Waals surface area contributed by atoms with Crippen LogP contribution in [0.25, 0.3) is 10.9 Å². The van der Waals surface area contributed by atoms with Crippen LogP contribution in [0.4, 0.5) is 5.69 Å². The number of hydrogen-bond acceptors (Lipinski definition) is 2. The summed E-state index contributed by atoms with van der Waals surface area (Å²) in [6, 6.07) is 10.9. The Balaban J connectivity index is 1.85. The van der Waals surface area contributed by atoms with Crippen LogP contribution < -0.4 is 10.7 Å². The van der Waals surface area contributed by atoms with E-state index in [-0.39, 0.29) is 17.0 Å². The lowest BCUT2D eigenvalue weighted by Crippen LogP contribution is -2.23. The molecule has 0 fully saturated rings. The molecule has 3 aromatic rings. The summed E-state index contributed by atoms with van der Waals surface area (Å²) < 4.78 is 2.87. The zero-order valence-corrected chi connectivity index (χ0v) is 15.7. The Morgan fingerprint density at radius 1 is 1.32 bits per heavy atom. The Bertz CT molecular complexity index is 1090. The van der Waals surface area contributed by atoms with Gasteiger partial charge in [-0.2, -0.15) is 0 Å². The van der Waals surface area contributed by atoms with Gasteiger partial charge in [0, 0.05) is 32.8 Å². The lowest BCUT2D eigenvalue weighted by Gasteiger charge is -2.13.